The maximum absolute atomic E-state index is 5.58. The minimum atomic E-state index is 0.831. The predicted octanol–water partition coefficient (Wildman–Crippen LogP) is 4.34. The van der Waals surface area contributed by atoms with Gasteiger partial charge in [-0.1, -0.05) is 36.4 Å². The van der Waals surface area contributed by atoms with Crippen molar-refractivity contribution < 1.29 is 9.47 Å². The lowest BCUT2D eigenvalue weighted by molar-refractivity contribution is 0.403. The molecule has 2 aromatic rings. The Morgan fingerprint density at radius 2 is 1.65 bits per heavy atom. The molecule has 2 aromatic carbocycles. The van der Waals surface area contributed by atoms with Gasteiger partial charge in [-0.05, 0) is 28.8 Å². The molecular weight excluding hydrogens is 286 g/mol. The van der Waals surface area contributed by atoms with Crippen molar-refractivity contribution in [1.29, 1.82) is 0 Å². The number of methoxy groups -OCH3 is 2. The number of hydrogen-bond acceptors (Lipinski definition) is 3. The third-order valence-corrected chi connectivity index (χ3v) is 4.04. The smallest absolute Gasteiger partial charge is 0.143 e. The van der Waals surface area contributed by atoms with Gasteiger partial charge in [0.05, 0.1) is 19.9 Å². The highest BCUT2D eigenvalue weighted by atomic mass is 16.5. The first-order valence-corrected chi connectivity index (χ1v) is 7.56. The molecule has 0 fully saturated rings. The summed E-state index contributed by atoms with van der Waals surface area (Å²) in [5, 5.41) is 0. The lowest BCUT2D eigenvalue weighted by Crippen LogP contribution is -2.10. The van der Waals surface area contributed by atoms with Crippen molar-refractivity contribution in [3.8, 4) is 11.5 Å². The highest BCUT2D eigenvalue weighted by Gasteiger charge is 2.14. The number of nitrogens with zero attached hydrogens (tertiary/aromatic N) is 1. The molecule has 0 saturated heterocycles. The Kier molecular flexibility index (Phi) is 4.11. The Labute approximate surface area is 137 Å². The first kappa shape index (κ1) is 15.2. The molecular formula is C20H21NO2. The third-order valence-electron chi connectivity index (χ3n) is 4.04. The number of hydrogen-bond donors (Lipinski definition) is 0. The number of rotatable bonds is 4. The van der Waals surface area contributed by atoms with Crippen molar-refractivity contribution in [2.75, 3.05) is 33.2 Å². The lowest BCUT2D eigenvalue weighted by Gasteiger charge is -2.19. The Morgan fingerprint density at radius 1 is 0.913 bits per heavy atom. The zero-order valence-corrected chi connectivity index (χ0v) is 14.0. The van der Waals surface area contributed by atoms with Gasteiger partial charge in [-0.25, -0.2) is 0 Å². The fourth-order valence-electron chi connectivity index (χ4n) is 2.84. The maximum atomic E-state index is 5.58. The highest BCUT2D eigenvalue weighted by molar-refractivity contribution is 5.98. The van der Waals surface area contributed by atoms with Crippen LogP contribution in [0.1, 0.15) is 16.7 Å². The van der Waals surface area contributed by atoms with Gasteiger partial charge in [-0.15, -0.1) is 0 Å². The Bertz CT molecular complexity index is 788. The number of anilines is 1. The van der Waals surface area contributed by atoms with Crippen LogP contribution in [-0.2, 0) is 0 Å². The maximum Gasteiger partial charge on any atom is 0.143 e. The second-order valence-electron chi connectivity index (χ2n) is 5.68. The van der Waals surface area contributed by atoms with Gasteiger partial charge in [0.25, 0.3) is 0 Å². The van der Waals surface area contributed by atoms with Crippen LogP contribution in [0.4, 0.5) is 5.69 Å². The van der Waals surface area contributed by atoms with Crippen molar-refractivity contribution in [1.82, 2.24) is 0 Å². The van der Waals surface area contributed by atoms with E-state index in [-0.39, 0.29) is 0 Å². The van der Waals surface area contributed by atoms with E-state index in [1.54, 1.807) is 14.2 Å². The molecule has 0 unspecified atom stereocenters. The van der Waals surface area contributed by atoms with Crippen LogP contribution >= 0.6 is 0 Å². The fraction of sp³-hybridized carbons (Fsp3) is 0.200. The molecule has 3 nitrogen and oxygen atoms in total. The number of benzene rings is 2. The molecule has 3 heteroatoms. The van der Waals surface area contributed by atoms with Crippen molar-refractivity contribution >= 4 is 23.4 Å². The van der Waals surface area contributed by atoms with Gasteiger partial charge >= 0.3 is 0 Å². The molecule has 3 rings (SSSR count). The second-order valence-corrected chi connectivity index (χ2v) is 5.68. The molecule has 0 amide bonds. The summed E-state index contributed by atoms with van der Waals surface area (Å²) in [4.78, 5) is 2.02. The van der Waals surface area contributed by atoms with Gasteiger partial charge in [-0.2, -0.15) is 0 Å². The van der Waals surface area contributed by atoms with E-state index < -0.39 is 0 Å². The molecule has 0 N–H and O–H groups in total. The van der Waals surface area contributed by atoms with Gasteiger partial charge in [0, 0.05) is 25.7 Å². The van der Waals surface area contributed by atoms with Crippen LogP contribution in [0.15, 0.2) is 42.5 Å². The van der Waals surface area contributed by atoms with E-state index in [1.807, 2.05) is 31.1 Å². The lowest BCUT2D eigenvalue weighted by atomic mass is 10.0. The van der Waals surface area contributed by atoms with Gasteiger partial charge in [-0.3, -0.25) is 0 Å². The monoisotopic (exact) mass is 307 g/mol. The molecule has 0 aliphatic heterocycles. The SMILES string of the molecule is COc1cc(N(C)C)c(OC)cc1C=C1C=Cc2ccccc21. The molecule has 1 aliphatic carbocycles. The predicted molar refractivity (Wildman–Crippen MR) is 97.2 cm³/mol. The second kappa shape index (κ2) is 6.21. The average Bonchev–Trinajstić information content (AvgIpc) is 2.97. The van der Waals surface area contributed by atoms with Crippen LogP contribution in [-0.4, -0.2) is 28.3 Å². The van der Waals surface area contributed by atoms with Crippen LogP contribution in [0.25, 0.3) is 17.7 Å². The van der Waals surface area contributed by atoms with Gasteiger partial charge < -0.3 is 14.4 Å². The van der Waals surface area contributed by atoms with E-state index in [2.05, 4.69) is 42.5 Å². The van der Waals surface area contributed by atoms with Gasteiger partial charge in [0.15, 0.2) is 0 Å². The largest absolute Gasteiger partial charge is 0.496 e. The van der Waals surface area contributed by atoms with E-state index in [0.29, 0.717) is 0 Å². The topological polar surface area (TPSA) is 21.7 Å². The van der Waals surface area contributed by atoms with E-state index >= 15 is 0 Å². The van der Waals surface area contributed by atoms with Crippen molar-refractivity contribution in [2.45, 2.75) is 0 Å². The zero-order valence-electron chi connectivity index (χ0n) is 14.0. The van der Waals surface area contributed by atoms with Crippen molar-refractivity contribution in [3.63, 3.8) is 0 Å². The zero-order chi connectivity index (χ0) is 16.4. The normalized spacial score (nSPS) is 14.0. The molecule has 1 aliphatic rings. The summed E-state index contributed by atoms with van der Waals surface area (Å²) >= 11 is 0. The summed E-state index contributed by atoms with van der Waals surface area (Å²) in [6, 6.07) is 12.4. The minimum Gasteiger partial charge on any atom is -0.496 e. The molecule has 0 spiro atoms. The summed E-state index contributed by atoms with van der Waals surface area (Å²) in [5.41, 5.74) is 5.67. The van der Waals surface area contributed by atoms with E-state index in [0.717, 1.165) is 22.7 Å². The van der Waals surface area contributed by atoms with Crippen LogP contribution in [0.3, 0.4) is 0 Å². The minimum absolute atomic E-state index is 0.831. The van der Waals surface area contributed by atoms with Crippen molar-refractivity contribution in [2.24, 2.45) is 0 Å². The molecule has 0 aromatic heterocycles. The Morgan fingerprint density at radius 3 is 2.35 bits per heavy atom. The summed E-state index contributed by atoms with van der Waals surface area (Å²) in [6.45, 7) is 0. The van der Waals surface area contributed by atoms with Crippen molar-refractivity contribution in [3.05, 3.63) is 59.2 Å². The summed E-state index contributed by atoms with van der Waals surface area (Å²) in [6.07, 6.45) is 6.42. The van der Waals surface area contributed by atoms with E-state index in [1.165, 1.54) is 16.7 Å². The Balaban J connectivity index is 2.10. The summed E-state index contributed by atoms with van der Waals surface area (Å²) in [5.74, 6) is 1.66. The molecule has 23 heavy (non-hydrogen) atoms. The van der Waals surface area contributed by atoms with Gasteiger partial charge in [0.1, 0.15) is 11.5 Å². The standard InChI is InChI=1S/C20H21NO2/c1-21(2)18-13-19(22-3)16(12-20(18)23-4)11-15-10-9-14-7-5-6-8-17(14)15/h5-13H,1-4H3. The fourth-order valence-corrected chi connectivity index (χ4v) is 2.84. The first-order valence-electron chi connectivity index (χ1n) is 7.56. The van der Waals surface area contributed by atoms with E-state index in [4.69, 9.17) is 9.47 Å². The molecule has 0 saturated carbocycles. The molecule has 0 heterocycles. The molecule has 0 atom stereocenters. The summed E-state index contributed by atoms with van der Waals surface area (Å²) < 4.78 is 11.1. The average molecular weight is 307 g/mol. The van der Waals surface area contributed by atoms with Crippen LogP contribution in [0, 0.1) is 0 Å². The van der Waals surface area contributed by atoms with Gasteiger partial charge in [0.2, 0.25) is 0 Å². The molecule has 0 radical (unpaired) electrons. The number of ether oxygens (including phenoxy) is 2. The van der Waals surface area contributed by atoms with E-state index in [9.17, 15) is 0 Å². The first-order chi connectivity index (χ1) is 11.1. The van der Waals surface area contributed by atoms with Crippen LogP contribution < -0.4 is 14.4 Å². The number of allylic oxidation sites excluding steroid dienone is 2. The van der Waals surface area contributed by atoms with Crippen LogP contribution in [0.2, 0.25) is 0 Å². The Hall–Kier alpha value is -2.68. The third kappa shape index (κ3) is 2.82. The number of fused-ring (bicyclic) bond motifs is 1. The molecule has 0 bridgehead atoms. The summed E-state index contributed by atoms with van der Waals surface area (Å²) in [7, 11) is 7.37. The molecule has 118 valence electrons. The van der Waals surface area contributed by atoms with Crippen LogP contribution in [0.5, 0.6) is 11.5 Å². The highest BCUT2D eigenvalue weighted by Crippen LogP contribution is 2.38. The quantitative estimate of drug-likeness (QED) is 0.839.